The molecule has 0 aliphatic carbocycles. The monoisotopic (exact) mass is 282 g/mol. The minimum atomic E-state index is 0.0340. The number of aryl methyl sites for hydroxylation is 2. The second-order valence-electron chi connectivity index (χ2n) is 5.15. The average molecular weight is 282 g/mol. The first kappa shape index (κ1) is 13.3. The molecule has 0 saturated heterocycles. The molecule has 2 nitrogen and oxygen atoms in total. The zero-order valence-corrected chi connectivity index (χ0v) is 12.5. The first-order chi connectivity index (χ1) is 9.70. The van der Waals surface area contributed by atoms with Gasteiger partial charge in [0.2, 0.25) is 0 Å². The Labute approximate surface area is 123 Å². The van der Waals surface area contributed by atoms with Gasteiger partial charge in [-0.3, -0.25) is 5.84 Å². The zero-order chi connectivity index (χ0) is 14.1. The van der Waals surface area contributed by atoms with Crippen LogP contribution in [-0.4, -0.2) is 0 Å². The highest BCUT2D eigenvalue weighted by molar-refractivity contribution is 7.17. The van der Waals surface area contributed by atoms with Gasteiger partial charge in [0.1, 0.15) is 0 Å². The van der Waals surface area contributed by atoms with Gasteiger partial charge in [0.15, 0.2) is 0 Å². The number of hydrogen-bond donors (Lipinski definition) is 2. The third-order valence-corrected chi connectivity index (χ3v) is 4.71. The van der Waals surface area contributed by atoms with E-state index in [0.29, 0.717) is 0 Å². The normalized spacial score (nSPS) is 12.8. The quantitative estimate of drug-likeness (QED) is 0.561. The van der Waals surface area contributed by atoms with Gasteiger partial charge < -0.3 is 0 Å². The molecule has 0 amide bonds. The Kier molecular flexibility index (Phi) is 3.57. The van der Waals surface area contributed by atoms with Crippen molar-refractivity contribution in [1.29, 1.82) is 0 Å². The molecular weight excluding hydrogens is 264 g/mol. The van der Waals surface area contributed by atoms with Crippen molar-refractivity contribution in [2.24, 2.45) is 5.84 Å². The molecule has 1 atom stereocenters. The predicted molar refractivity (Wildman–Crippen MR) is 86.9 cm³/mol. The topological polar surface area (TPSA) is 38.0 Å². The molecule has 2 aromatic carbocycles. The molecule has 1 unspecified atom stereocenters. The third-order valence-electron chi connectivity index (χ3n) is 3.72. The van der Waals surface area contributed by atoms with Crippen molar-refractivity contribution in [3.63, 3.8) is 0 Å². The highest BCUT2D eigenvalue weighted by Gasteiger charge is 2.18. The maximum atomic E-state index is 5.85. The molecule has 0 fully saturated rings. The molecule has 3 heteroatoms. The van der Waals surface area contributed by atoms with E-state index in [1.807, 2.05) is 0 Å². The number of rotatable bonds is 3. The van der Waals surface area contributed by atoms with Crippen LogP contribution in [0.4, 0.5) is 0 Å². The lowest BCUT2D eigenvalue weighted by Gasteiger charge is -2.19. The third kappa shape index (κ3) is 2.24. The van der Waals surface area contributed by atoms with Crippen molar-refractivity contribution in [2.45, 2.75) is 19.9 Å². The number of nitrogens with one attached hydrogen (secondary N) is 1. The van der Waals surface area contributed by atoms with E-state index in [-0.39, 0.29) is 6.04 Å². The van der Waals surface area contributed by atoms with Crippen LogP contribution in [0.5, 0.6) is 0 Å². The fraction of sp³-hybridized carbons (Fsp3) is 0.176. The molecule has 0 saturated carbocycles. The van der Waals surface area contributed by atoms with Crippen LogP contribution in [0.1, 0.15) is 28.3 Å². The molecular formula is C17H18N2S. The Morgan fingerprint density at radius 2 is 1.85 bits per heavy atom. The Hall–Kier alpha value is -1.68. The Morgan fingerprint density at radius 1 is 1.05 bits per heavy atom. The lowest BCUT2D eigenvalue weighted by atomic mass is 9.94. The first-order valence-electron chi connectivity index (χ1n) is 6.70. The summed E-state index contributed by atoms with van der Waals surface area (Å²) in [6, 6.07) is 15.0. The lowest BCUT2D eigenvalue weighted by Crippen LogP contribution is -2.29. The molecule has 1 heterocycles. The van der Waals surface area contributed by atoms with Gasteiger partial charge >= 0.3 is 0 Å². The Balaban J connectivity index is 2.14. The predicted octanol–water partition coefficient (Wildman–Crippen LogP) is 4.07. The second-order valence-corrected chi connectivity index (χ2v) is 6.06. The molecule has 1 aromatic heterocycles. The fourth-order valence-corrected chi connectivity index (χ4v) is 3.71. The molecule has 20 heavy (non-hydrogen) atoms. The van der Waals surface area contributed by atoms with Crippen LogP contribution in [0.15, 0.2) is 47.8 Å². The van der Waals surface area contributed by atoms with Crippen LogP contribution in [-0.2, 0) is 0 Å². The summed E-state index contributed by atoms with van der Waals surface area (Å²) in [6.07, 6.45) is 0. The van der Waals surface area contributed by atoms with E-state index in [1.165, 1.54) is 32.3 Å². The molecule has 0 bridgehead atoms. The van der Waals surface area contributed by atoms with Gasteiger partial charge in [-0.25, -0.2) is 5.43 Å². The number of hydrogen-bond acceptors (Lipinski definition) is 3. The molecule has 3 N–H and O–H groups in total. The molecule has 0 radical (unpaired) electrons. The van der Waals surface area contributed by atoms with Gasteiger partial charge in [-0.15, -0.1) is 11.3 Å². The zero-order valence-electron chi connectivity index (χ0n) is 11.7. The fourth-order valence-electron chi connectivity index (χ4n) is 2.72. The summed E-state index contributed by atoms with van der Waals surface area (Å²) in [5.41, 5.74) is 8.01. The van der Waals surface area contributed by atoms with Gasteiger partial charge in [0, 0.05) is 4.70 Å². The van der Waals surface area contributed by atoms with Gasteiger partial charge in [-0.05, 0) is 47.4 Å². The average Bonchev–Trinajstić information content (AvgIpc) is 2.86. The minimum absolute atomic E-state index is 0.0340. The summed E-state index contributed by atoms with van der Waals surface area (Å²) in [7, 11) is 0. The Bertz CT molecular complexity index is 746. The van der Waals surface area contributed by atoms with Crippen LogP contribution in [0, 0.1) is 13.8 Å². The van der Waals surface area contributed by atoms with Crippen molar-refractivity contribution in [1.82, 2.24) is 5.43 Å². The van der Waals surface area contributed by atoms with Crippen molar-refractivity contribution in [2.75, 3.05) is 0 Å². The summed E-state index contributed by atoms with van der Waals surface area (Å²) in [6.45, 7) is 4.25. The number of thiophene rings is 1. The Morgan fingerprint density at radius 3 is 2.60 bits per heavy atom. The van der Waals surface area contributed by atoms with Gasteiger partial charge in [0.25, 0.3) is 0 Å². The van der Waals surface area contributed by atoms with Crippen molar-refractivity contribution in [3.05, 3.63) is 70.1 Å². The number of fused-ring (bicyclic) bond motifs is 1. The molecule has 0 aliphatic heterocycles. The smallest absolute Gasteiger partial charge is 0.0726 e. The summed E-state index contributed by atoms with van der Waals surface area (Å²) in [4.78, 5) is 0. The van der Waals surface area contributed by atoms with Crippen LogP contribution >= 0.6 is 11.3 Å². The van der Waals surface area contributed by atoms with Crippen molar-refractivity contribution >= 4 is 21.4 Å². The molecule has 3 aromatic rings. The molecule has 0 spiro atoms. The van der Waals surface area contributed by atoms with E-state index in [0.717, 1.165) is 0 Å². The van der Waals surface area contributed by atoms with Crippen LogP contribution < -0.4 is 11.3 Å². The van der Waals surface area contributed by atoms with Crippen LogP contribution in [0.25, 0.3) is 10.1 Å². The van der Waals surface area contributed by atoms with Gasteiger partial charge in [-0.2, -0.15) is 0 Å². The van der Waals surface area contributed by atoms with Crippen LogP contribution in [0.2, 0.25) is 0 Å². The second kappa shape index (κ2) is 5.37. The number of benzene rings is 2. The minimum Gasteiger partial charge on any atom is -0.271 e. The van der Waals surface area contributed by atoms with Gasteiger partial charge in [0.05, 0.1) is 6.04 Å². The highest BCUT2D eigenvalue weighted by Crippen LogP contribution is 2.34. The van der Waals surface area contributed by atoms with Gasteiger partial charge in [-0.1, -0.05) is 42.0 Å². The molecule has 0 aliphatic rings. The van der Waals surface area contributed by atoms with Crippen LogP contribution in [0.3, 0.4) is 0 Å². The molecule has 3 rings (SSSR count). The van der Waals surface area contributed by atoms with E-state index in [2.05, 4.69) is 67.1 Å². The maximum absolute atomic E-state index is 5.85. The van der Waals surface area contributed by atoms with E-state index in [1.54, 1.807) is 11.3 Å². The summed E-state index contributed by atoms with van der Waals surface area (Å²) in [5.74, 6) is 5.85. The standard InChI is InChI=1S/C17H18N2S/c1-11-7-8-13(12(2)9-11)17(19-18)15-10-20-16-6-4-3-5-14(15)16/h3-10,17,19H,18H2,1-2H3. The van der Waals surface area contributed by atoms with Crippen molar-refractivity contribution < 1.29 is 0 Å². The lowest BCUT2D eigenvalue weighted by molar-refractivity contribution is 0.639. The van der Waals surface area contributed by atoms with E-state index in [9.17, 15) is 0 Å². The SMILES string of the molecule is Cc1ccc(C(NN)c2csc3ccccc23)c(C)c1. The van der Waals surface area contributed by atoms with Crippen molar-refractivity contribution in [3.8, 4) is 0 Å². The largest absolute Gasteiger partial charge is 0.271 e. The number of nitrogens with two attached hydrogens (primary N) is 1. The first-order valence-corrected chi connectivity index (χ1v) is 7.58. The highest BCUT2D eigenvalue weighted by atomic mass is 32.1. The maximum Gasteiger partial charge on any atom is 0.0726 e. The summed E-state index contributed by atoms with van der Waals surface area (Å²) < 4.78 is 1.30. The molecule has 102 valence electrons. The summed E-state index contributed by atoms with van der Waals surface area (Å²) in [5, 5.41) is 3.48. The van der Waals surface area contributed by atoms with E-state index >= 15 is 0 Å². The van der Waals surface area contributed by atoms with E-state index in [4.69, 9.17) is 5.84 Å². The van der Waals surface area contributed by atoms with E-state index < -0.39 is 0 Å². The number of hydrazine groups is 1. The summed E-state index contributed by atoms with van der Waals surface area (Å²) >= 11 is 1.77.